The summed E-state index contributed by atoms with van der Waals surface area (Å²) in [6.07, 6.45) is 0. The lowest BCUT2D eigenvalue weighted by molar-refractivity contribution is -0.257. The van der Waals surface area contributed by atoms with E-state index in [1.165, 1.54) is 25.1 Å². The maximum atomic E-state index is 12.5. The summed E-state index contributed by atoms with van der Waals surface area (Å²) in [5, 5.41) is 11.4. The Kier molecular flexibility index (Phi) is 4.71. The highest BCUT2D eigenvalue weighted by molar-refractivity contribution is 7.89. The van der Waals surface area contributed by atoms with Crippen molar-refractivity contribution in [1.29, 1.82) is 0 Å². The molecule has 0 saturated carbocycles. The van der Waals surface area contributed by atoms with Crippen molar-refractivity contribution in [1.82, 2.24) is 4.72 Å². The van der Waals surface area contributed by atoms with E-state index in [4.69, 9.17) is 9.15 Å². The maximum absolute atomic E-state index is 12.5. The van der Waals surface area contributed by atoms with Crippen molar-refractivity contribution < 1.29 is 27.5 Å². The molecule has 0 aliphatic carbocycles. The number of nitrogens with one attached hydrogen (secondary N) is 1. The molecule has 26 heavy (non-hydrogen) atoms. The second-order valence-corrected chi connectivity index (χ2v) is 7.44. The van der Waals surface area contributed by atoms with Crippen molar-refractivity contribution in [2.45, 2.75) is 18.4 Å². The molecule has 0 aliphatic heterocycles. The number of carboxylic acid groups (broad SMARTS) is 1. The number of rotatable bonds is 6. The smallest absolute Gasteiger partial charge is 0.240 e. The van der Waals surface area contributed by atoms with Crippen LogP contribution in [0.4, 0.5) is 0 Å². The summed E-state index contributed by atoms with van der Waals surface area (Å²) >= 11 is 0. The number of aromatic carboxylic acids is 1. The fourth-order valence-electron chi connectivity index (χ4n) is 2.57. The lowest BCUT2D eigenvalue weighted by Gasteiger charge is -2.08. The monoisotopic (exact) mass is 374 g/mol. The van der Waals surface area contributed by atoms with Gasteiger partial charge in [0.1, 0.15) is 17.3 Å². The molecule has 0 spiro atoms. The Bertz CT molecular complexity index is 1070. The minimum absolute atomic E-state index is 0.0207. The highest BCUT2D eigenvalue weighted by Gasteiger charge is 2.18. The van der Waals surface area contributed by atoms with Gasteiger partial charge in [-0.2, -0.15) is 0 Å². The lowest BCUT2D eigenvalue weighted by Crippen LogP contribution is -2.23. The number of furan rings is 1. The van der Waals surface area contributed by atoms with Crippen LogP contribution in [0, 0.1) is 6.92 Å². The average molecular weight is 374 g/mol. The van der Waals surface area contributed by atoms with Crippen molar-refractivity contribution in [2.75, 3.05) is 7.11 Å². The standard InChI is InChI=1S/C18H17NO6S/c1-11-15-9-14(7-8-16(15)25-17(11)18(20)21)26(22,23)19-10-12-3-5-13(24-2)6-4-12/h3-9,19H,10H2,1-2H3,(H,20,21)/p-1. The van der Waals surface area contributed by atoms with Crippen LogP contribution in [-0.2, 0) is 16.6 Å². The summed E-state index contributed by atoms with van der Waals surface area (Å²) in [4.78, 5) is 11.1. The summed E-state index contributed by atoms with van der Waals surface area (Å²) in [6.45, 7) is 1.65. The number of fused-ring (bicyclic) bond motifs is 1. The SMILES string of the molecule is COc1ccc(CNS(=O)(=O)c2ccc3oc(C(=O)[O-])c(C)c3c2)cc1. The Morgan fingerprint density at radius 2 is 1.88 bits per heavy atom. The molecule has 0 aliphatic rings. The van der Waals surface area contributed by atoms with Crippen LogP contribution < -0.4 is 14.6 Å². The van der Waals surface area contributed by atoms with E-state index in [-0.39, 0.29) is 22.8 Å². The number of methoxy groups -OCH3 is 1. The van der Waals surface area contributed by atoms with Gasteiger partial charge in [-0.25, -0.2) is 13.1 Å². The molecule has 1 aromatic heterocycles. The topological polar surface area (TPSA) is 109 Å². The molecule has 136 valence electrons. The largest absolute Gasteiger partial charge is 0.542 e. The molecule has 0 unspecified atom stereocenters. The van der Waals surface area contributed by atoms with Crippen LogP contribution in [0.1, 0.15) is 21.7 Å². The third kappa shape index (κ3) is 3.42. The van der Waals surface area contributed by atoms with Gasteiger partial charge in [0.05, 0.1) is 12.0 Å². The van der Waals surface area contributed by atoms with E-state index in [1.54, 1.807) is 31.4 Å². The van der Waals surface area contributed by atoms with Gasteiger partial charge in [0.2, 0.25) is 10.0 Å². The minimum atomic E-state index is -3.78. The molecule has 3 rings (SSSR count). The van der Waals surface area contributed by atoms with Crippen LogP contribution >= 0.6 is 0 Å². The molecule has 7 nitrogen and oxygen atoms in total. The molecule has 0 fully saturated rings. The van der Waals surface area contributed by atoms with Gasteiger partial charge in [-0.3, -0.25) is 0 Å². The first kappa shape index (κ1) is 18.0. The van der Waals surface area contributed by atoms with E-state index in [0.29, 0.717) is 16.7 Å². The van der Waals surface area contributed by atoms with Crippen LogP contribution in [0.25, 0.3) is 11.0 Å². The van der Waals surface area contributed by atoms with Crippen LogP contribution in [0.5, 0.6) is 5.75 Å². The van der Waals surface area contributed by atoms with Gasteiger partial charge in [-0.1, -0.05) is 12.1 Å². The van der Waals surface area contributed by atoms with Crippen LogP contribution in [0.15, 0.2) is 51.8 Å². The van der Waals surface area contributed by atoms with E-state index in [0.717, 1.165) is 5.56 Å². The Labute approximate surface area is 150 Å². The Morgan fingerprint density at radius 3 is 2.50 bits per heavy atom. The Balaban J connectivity index is 1.86. The molecule has 0 saturated heterocycles. The number of ether oxygens (including phenoxy) is 1. The lowest BCUT2D eigenvalue weighted by atomic mass is 10.1. The number of hydrogen-bond donors (Lipinski definition) is 1. The molecule has 1 N–H and O–H groups in total. The third-order valence-electron chi connectivity index (χ3n) is 4.03. The van der Waals surface area contributed by atoms with E-state index < -0.39 is 16.0 Å². The summed E-state index contributed by atoms with van der Waals surface area (Å²) in [5.74, 6) is -1.07. The molecule has 2 aromatic carbocycles. The zero-order chi connectivity index (χ0) is 18.9. The molecule has 3 aromatic rings. The first-order valence-electron chi connectivity index (χ1n) is 7.69. The molecular weight excluding hydrogens is 358 g/mol. The van der Waals surface area contributed by atoms with E-state index in [1.807, 2.05) is 0 Å². The van der Waals surface area contributed by atoms with Crippen LogP contribution in [0.3, 0.4) is 0 Å². The molecule has 0 atom stereocenters. The molecule has 0 amide bonds. The van der Waals surface area contributed by atoms with E-state index in [2.05, 4.69) is 4.72 Å². The second-order valence-electron chi connectivity index (χ2n) is 5.67. The first-order valence-corrected chi connectivity index (χ1v) is 9.17. The zero-order valence-corrected chi connectivity index (χ0v) is 14.9. The van der Waals surface area contributed by atoms with Gasteiger partial charge in [-0.05, 0) is 42.8 Å². The van der Waals surface area contributed by atoms with Crippen molar-refractivity contribution >= 4 is 27.0 Å². The number of sulfonamides is 1. The highest BCUT2D eigenvalue weighted by Crippen LogP contribution is 2.27. The highest BCUT2D eigenvalue weighted by atomic mass is 32.2. The summed E-state index contributed by atoms with van der Waals surface area (Å²) in [5.41, 5.74) is 1.39. The van der Waals surface area contributed by atoms with Gasteiger partial charge in [0.15, 0.2) is 5.76 Å². The quantitative estimate of drug-likeness (QED) is 0.702. The number of carbonyl (C=O) groups is 1. The maximum Gasteiger partial charge on any atom is 0.240 e. The summed E-state index contributed by atoms with van der Waals surface area (Å²) in [6, 6.07) is 11.2. The molecule has 0 radical (unpaired) electrons. The molecule has 1 heterocycles. The number of carbonyl (C=O) groups excluding carboxylic acids is 1. The van der Waals surface area contributed by atoms with Crippen molar-refractivity contribution in [3.63, 3.8) is 0 Å². The van der Waals surface area contributed by atoms with Crippen molar-refractivity contribution in [2.24, 2.45) is 0 Å². The Hall–Kier alpha value is -2.84. The van der Waals surface area contributed by atoms with Gasteiger partial charge in [0, 0.05) is 17.5 Å². The Morgan fingerprint density at radius 1 is 1.19 bits per heavy atom. The summed E-state index contributed by atoms with van der Waals surface area (Å²) in [7, 11) is -2.23. The van der Waals surface area contributed by atoms with Gasteiger partial charge >= 0.3 is 0 Å². The molecule has 0 bridgehead atoms. The van der Waals surface area contributed by atoms with E-state index >= 15 is 0 Å². The first-order chi connectivity index (χ1) is 12.3. The van der Waals surface area contributed by atoms with Crippen molar-refractivity contribution in [3.8, 4) is 5.75 Å². The van der Waals surface area contributed by atoms with Crippen LogP contribution in [0.2, 0.25) is 0 Å². The fourth-order valence-corrected chi connectivity index (χ4v) is 3.61. The summed E-state index contributed by atoms with van der Waals surface area (Å²) < 4.78 is 37.8. The number of benzene rings is 2. The zero-order valence-electron chi connectivity index (χ0n) is 14.1. The van der Waals surface area contributed by atoms with E-state index in [9.17, 15) is 18.3 Å². The normalized spacial score (nSPS) is 11.6. The van der Waals surface area contributed by atoms with Crippen LogP contribution in [-0.4, -0.2) is 21.5 Å². The number of aryl methyl sites for hydroxylation is 1. The molecule has 8 heteroatoms. The minimum Gasteiger partial charge on any atom is -0.542 e. The van der Waals surface area contributed by atoms with Gasteiger partial charge < -0.3 is 19.1 Å². The average Bonchev–Trinajstić information content (AvgIpc) is 2.97. The third-order valence-corrected chi connectivity index (χ3v) is 5.43. The van der Waals surface area contributed by atoms with Gasteiger partial charge in [-0.15, -0.1) is 0 Å². The molecular formula is C18H16NO6S-. The van der Waals surface area contributed by atoms with Crippen molar-refractivity contribution in [3.05, 3.63) is 59.4 Å². The second kappa shape index (κ2) is 6.81. The number of carboxylic acids is 1. The predicted octanol–water partition coefficient (Wildman–Crippen LogP) is 1.59. The number of hydrogen-bond acceptors (Lipinski definition) is 6. The van der Waals surface area contributed by atoms with Gasteiger partial charge in [0.25, 0.3) is 0 Å². The predicted molar refractivity (Wildman–Crippen MR) is 92.3 cm³/mol. The fraction of sp³-hybridized carbons (Fsp3) is 0.167.